The van der Waals surface area contributed by atoms with Gasteiger partial charge >= 0.3 is 11.9 Å². The zero-order chi connectivity index (χ0) is 30.0. The number of carbonyl (C=O) groups excluding carboxylic acids is 2. The van der Waals surface area contributed by atoms with Crippen LogP contribution in [0.5, 0.6) is 11.5 Å². The summed E-state index contributed by atoms with van der Waals surface area (Å²) in [4.78, 5) is 25.1. The lowest BCUT2D eigenvalue weighted by Gasteiger charge is -2.19. The monoisotopic (exact) mass is 564 g/mol. The first-order valence-corrected chi connectivity index (χ1v) is 16.4. The summed E-state index contributed by atoms with van der Waals surface area (Å²) in [6.45, 7) is 12.7. The summed E-state index contributed by atoms with van der Waals surface area (Å²) >= 11 is 0. The molecule has 4 heteroatoms. The molecule has 0 saturated carbocycles. The van der Waals surface area contributed by atoms with E-state index in [1.165, 1.54) is 69.8 Å². The standard InChI is InChI=1S/C37H56O4/c1-7-20-34(38)40-36-30(6)31(37(41-35(39)21-8-2)33-25-19-18-24-32(33)36)27-26-29(5)23-17-15-13-11-9-10-12-14-16-22-28(3)4/h18-19,24-26,28H,7-17,20-23,27H2,1-6H3/b29-26+. The number of hydrogen-bond donors (Lipinski definition) is 0. The topological polar surface area (TPSA) is 52.6 Å². The van der Waals surface area contributed by atoms with Crippen LogP contribution in [0.15, 0.2) is 35.9 Å². The summed E-state index contributed by atoms with van der Waals surface area (Å²) in [5, 5.41) is 1.61. The highest BCUT2D eigenvalue weighted by atomic mass is 16.5. The van der Waals surface area contributed by atoms with Crippen LogP contribution in [0.25, 0.3) is 10.8 Å². The lowest BCUT2D eigenvalue weighted by Crippen LogP contribution is -2.13. The van der Waals surface area contributed by atoms with Crippen LogP contribution < -0.4 is 9.47 Å². The van der Waals surface area contributed by atoms with Crippen molar-refractivity contribution in [1.29, 1.82) is 0 Å². The minimum atomic E-state index is -0.236. The van der Waals surface area contributed by atoms with E-state index < -0.39 is 0 Å². The van der Waals surface area contributed by atoms with Gasteiger partial charge in [-0.2, -0.15) is 0 Å². The zero-order valence-electron chi connectivity index (χ0n) is 26.9. The highest BCUT2D eigenvalue weighted by Crippen LogP contribution is 2.41. The van der Waals surface area contributed by atoms with E-state index in [0.717, 1.165) is 47.1 Å². The maximum absolute atomic E-state index is 12.6. The van der Waals surface area contributed by atoms with Crippen molar-refractivity contribution >= 4 is 22.7 Å². The first-order chi connectivity index (χ1) is 19.8. The Bertz CT molecular complexity index is 1110. The van der Waals surface area contributed by atoms with Gasteiger partial charge in [0.05, 0.1) is 0 Å². The van der Waals surface area contributed by atoms with Crippen molar-refractivity contribution in [1.82, 2.24) is 0 Å². The van der Waals surface area contributed by atoms with Crippen molar-refractivity contribution in [2.45, 2.75) is 144 Å². The van der Waals surface area contributed by atoms with E-state index in [1.54, 1.807) is 0 Å². The van der Waals surface area contributed by atoms with Gasteiger partial charge in [0, 0.05) is 29.2 Å². The molecule has 0 aliphatic carbocycles. The Balaban J connectivity index is 2.05. The van der Waals surface area contributed by atoms with Crippen LogP contribution in [-0.2, 0) is 16.0 Å². The summed E-state index contributed by atoms with van der Waals surface area (Å²) in [5.41, 5.74) is 3.12. The molecule has 0 unspecified atom stereocenters. The summed E-state index contributed by atoms with van der Waals surface area (Å²) in [7, 11) is 0. The van der Waals surface area contributed by atoms with Crippen molar-refractivity contribution < 1.29 is 19.1 Å². The number of allylic oxidation sites excluding steroid dienone is 2. The van der Waals surface area contributed by atoms with Gasteiger partial charge in [0.1, 0.15) is 11.5 Å². The smallest absolute Gasteiger partial charge is 0.311 e. The number of hydrogen-bond acceptors (Lipinski definition) is 4. The molecule has 0 spiro atoms. The average molecular weight is 565 g/mol. The second-order valence-corrected chi connectivity index (χ2v) is 12.1. The van der Waals surface area contributed by atoms with Crippen molar-refractivity contribution in [3.8, 4) is 11.5 Å². The molecule has 0 atom stereocenters. The Morgan fingerprint density at radius 2 is 1.22 bits per heavy atom. The Morgan fingerprint density at radius 3 is 1.76 bits per heavy atom. The summed E-state index contributed by atoms with van der Waals surface area (Å²) in [6.07, 6.45) is 19.6. The molecule has 0 aliphatic rings. The normalized spacial score (nSPS) is 11.8. The molecule has 228 valence electrons. The van der Waals surface area contributed by atoms with Crippen molar-refractivity contribution in [3.05, 3.63) is 47.0 Å². The third-order valence-corrected chi connectivity index (χ3v) is 7.83. The summed E-state index contributed by atoms with van der Waals surface area (Å²) < 4.78 is 11.9. The fourth-order valence-electron chi connectivity index (χ4n) is 5.36. The van der Waals surface area contributed by atoms with Crippen LogP contribution in [0, 0.1) is 12.8 Å². The molecule has 2 aromatic rings. The Kier molecular flexibility index (Phi) is 16.4. The number of ether oxygens (including phenoxy) is 2. The maximum Gasteiger partial charge on any atom is 0.311 e. The fourth-order valence-corrected chi connectivity index (χ4v) is 5.36. The molecule has 0 bridgehead atoms. The molecule has 0 aromatic heterocycles. The molecule has 0 aliphatic heterocycles. The molecule has 0 saturated heterocycles. The number of rotatable bonds is 20. The van der Waals surface area contributed by atoms with Crippen LogP contribution in [0.1, 0.15) is 142 Å². The number of fused-ring (bicyclic) bond motifs is 1. The predicted molar refractivity (Wildman–Crippen MR) is 173 cm³/mol. The minimum Gasteiger partial charge on any atom is -0.426 e. The van der Waals surface area contributed by atoms with Gasteiger partial charge in [-0.05, 0) is 57.4 Å². The number of esters is 2. The van der Waals surface area contributed by atoms with Gasteiger partial charge in [-0.1, -0.05) is 121 Å². The van der Waals surface area contributed by atoms with Gasteiger partial charge in [-0.3, -0.25) is 9.59 Å². The van der Waals surface area contributed by atoms with Gasteiger partial charge < -0.3 is 9.47 Å². The van der Waals surface area contributed by atoms with E-state index >= 15 is 0 Å². The Labute approximate surface area is 250 Å². The molecular weight excluding hydrogens is 508 g/mol. The zero-order valence-corrected chi connectivity index (χ0v) is 26.9. The van der Waals surface area contributed by atoms with E-state index in [9.17, 15) is 9.59 Å². The van der Waals surface area contributed by atoms with E-state index in [2.05, 4.69) is 26.8 Å². The average Bonchev–Trinajstić information content (AvgIpc) is 2.93. The highest BCUT2D eigenvalue weighted by molar-refractivity contribution is 5.98. The number of benzene rings is 2. The Morgan fingerprint density at radius 1 is 0.732 bits per heavy atom. The molecule has 0 radical (unpaired) electrons. The minimum absolute atomic E-state index is 0.231. The highest BCUT2D eigenvalue weighted by Gasteiger charge is 2.22. The van der Waals surface area contributed by atoms with Gasteiger partial charge in [-0.25, -0.2) is 0 Å². The molecule has 0 fully saturated rings. The van der Waals surface area contributed by atoms with Crippen LogP contribution in [-0.4, -0.2) is 11.9 Å². The lowest BCUT2D eigenvalue weighted by atomic mass is 9.95. The quantitative estimate of drug-likeness (QED) is 0.0694. The van der Waals surface area contributed by atoms with Crippen molar-refractivity contribution in [3.63, 3.8) is 0 Å². The molecule has 4 nitrogen and oxygen atoms in total. The van der Waals surface area contributed by atoms with Crippen molar-refractivity contribution in [2.75, 3.05) is 0 Å². The third kappa shape index (κ3) is 12.4. The molecule has 2 aromatic carbocycles. The SMILES string of the molecule is CCCC(=O)Oc1c(C)c(C/C=C(\C)CCCCCCCCCCCC(C)C)c(OC(=O)CCC)c2ccccc12. The van der Waals surface area contributed by atoms with E-state index in [-0.39, 0.29) is 11.9 Å². The largest absolute Gasteiger partial charge is 0.426 e. The Hall–Kier alpha value is -2.62. The third-order valence-electron chi connectivity index (χ3n) is 7.83. The van der Waals surface area contributed by atoms with Gasteiger partial charge in [0.2, 0.25) is 0 Å². The van der Waals surface area contributed by atoms with E-state index in [4.69, 9.17) is 9.47 Å². The molecular formula is C37H56O4. The van der Waals surface area contributed by atoms with Crippen LogP contribution in [0.2, 0.25) is 0 Å². The maximum atomic E-state index is 12.6. The predicted octanol–water partition coefficient (Wildman–Crippen LogP) is 11.0. The van der Waals surface area contributed by atoms with E-state index in [1.807, 2.05) is 45.0 Å². The molecule has 0 heterocycles. The van der Waals surface area contributed by atoms with E-state index in [0.29, 0.717) is 30.8 Å². The van der Waals surface area contributed by atoms with Gasteiger partial charge in [-0.15, -0.1) is 0 Å². The fraction of sp³-hybridized carbons (Fsp3) is 0.622. The van der Waals surface area contributed by atoms with Crippen LogP contribution in [0.4, 0.5) is 0 Å². The second kappa shape index (κ2) is 19.5. The molecule has 41 heavy (non-hydrogen) atoms. The molecule has 0 N–H and O–H groups in total. The molecule has 0 amide bonds. The lowest BCUT2D eigenvalue weighted by molar-refractivity contribution is -0.135. The first-order valence-electron chi connectivity index (χ1n) is 16.4. The summed E-state index contributed by atoms with van der Waals surface area (Å²) in [5.74, 6) is 1.54. The molecule has 2 rings (SSSR count). The number of carbonyl (C=O) groups is 2. The van der Waals surface area contributed by atoms with Crippen LogP contribution in [0.3, 0.4) is 0 Å². The second-order valence-electron chi connectivity index (χ2n) is 12.1. The van der Waals surface area contributed by atoms with Crippen molar-refractivity contribution in [2.24, 2.45) is 5.92 Å². The van der Waals surface area contributed by atoms with Gasteiger partial charge in [0.15, 0.2) is 0 Å². The van der Waals surface area contributed by atoms with Crippen LogP contribution >= 0.6 is 0 Å². The summed E-state index contributed by atoms with van der Waals surface area (Å²) in [6, 6.07) is 7.75. The van der Waals surface area contributed by atoms with Gasteiger partial charge in [0.25, 0.3) is 0 Å². The first kappa shape index (κ1) is 34.6. The number of unbranched alkanes of at least 4 members (excludes halogenated alkanes) is 8.